The van der Waals surface area contributed by atoms with Crippen molar-refractivity contribution in [3.8, 4) is 0 Å². The molecular formula is C14H14FN3O3. The van der Waals surface area contributed by atoms with E-state index in [2.05, 4.69) is 5.32 Å². The number of rotatable bonds is 1. The van der Waals surface area contributed by atoms with Crippen molar-refractivity contribution in [2.75, 3.05) is 19.6 Å². The van der Waals surface area contributed by atoms with Crippen LogP contribution in [0, 0.1) is 12.7 Å². The van der Waals surface area contributed by atoms with Crippen molar-refractivity contribution in [1.82, 2.24) is 15.1 Å². The number of hydrogen-bond acceptors (Lipinski definition) is 3. The third-order valence-electron chi connectivity index (χ3n) is 3.81. The number of urea groups is 1. The molecule has 1 aromatic carbocycles. The Kier molecular flexibility index (Phi) is 3.12. The average molecular weight is 291 g/mol. The predicted molar refractivity (Wildman–Crippen MR) is 71.1 cm³/mol. The molecule has 1 aromatic rings. The quantitative estimate of drug-likeness (QED) is 0.767. The van der Waals surface area contributed by atoms with Gasteiger partial charge in [0.15, 0.2) is 0 Å². The number of amides is 4. The number of halogens is 1. The Morgan fingerprint density at radius 1 is 1.33 bits per heavy atom. The van der Waals surface area contributed by atoms with Crippen molar-refractivity contribution < 1.29 is 18.8 Å². The Hall–Kier alpha value is -2.44. The van der Waals surface area contributed by atoms with Gasteiger partial charge in [-0.05, 0) is 19.1 Å². The number of fused-ring (bicyclic) bond motifs is 1. The van der Waals surface area contributed by atoms with Crippen LogP contribution in [0.4, 0.5) is 9.18 Å². The molecule has 1 atom stereocenters. The van der Waals surface area contributed by atoms with Crippen LogP contribution in [0.3, 0.4) is 0 Å². The van der Waals surface area contributed by atoms with Crippen LogP contribution in [-0.2, 0) is 4.79 Å². The molecule has 4 amide bonds. The first-order chi connectivity index (χ1) is 9.97. The number of carbonyl (C=O) groups excluding carboxylic acids is 3. The van der Waals surface area contributed by atoms with Gasteiger partial charge < -0.3 is 9.80 Å². The van der Waals surface area contributed by atoms with Crippen LogP contribution in [0.25, 0.3) is 0 Å². The smallest absolute Gasteiger partial charge is 0.324 e. The molecule has 2 aliphatic heterocycles. The lowest BCUT2D eigenvalue weighted by atomic mass is 10.1. The summed E-state index contributed by atoms with van der Waals surface area (Å²) in [4.78, 5) is 38.4. The van der Waals surface area contributed by atoms with Crippen molar-refractivity contribution >= 4 is 17.8 Å². The molecule has 0 saturated carbocycles. The van der Waals surface area contributed by atoms with Gasteiger partial charge in [-0.25, -0.2) is 9.18 Å². The summed E-state index contributed by atoms with van der Waals surface area (Å²) in [6, 6.07) is 3.23. The van der Waals surface area contributed by atoms with Crippen LogP contribution in [0.2, 0.25) is 0 Å². The zero-order chi connectivity index (χ0) is 15.1. The molecule has 1 N–H and O–H groups in total. The van der Waals surface area contributed by atoms with Crippen LogP contribution in [0.15, 0.2) is 18.2 Å². The summed E-state index contributed by atoms with van der Waals surface area (Å²) < 4.78 is 13.8. The van der Waals surface area contributed by atoms with E-state index in [9.17, 15) is 18.8 Å². The Balaban J connectivity index is 1.82. The summed E-state index contributed by atoms with van der Waals surface area (Å²) in [5, 5.41) is 2.21. The van der Waals surface area contributed by atoms with Gasteiger partial charge in [-0.3, -0.25) is 14.9 Å². The second kappa shape index (κ2) is 4.83. The van der Waals surface area contributed by atoms with E-state index in [1.165, 1.54) is 21.9 Å². The molecular weight excluding hydrogens is 277 g/mol. The van der Waals surface area contributed by atoms with E-state index in [4.69, 9.17) is 0 Å². The van der Waals surface area contributed by atoms with E-state index in [1.54, 1.807) is 13.0 Å². The third kappa shape index (κ3) is 2.24. The molecule has 2 aliphatic rings. The number of piperazine rings is 1. The van der Waals surface area contributed by atoms with Gasteiger partial charge in [-0.2, -0.15) is 0 Å². The molecule has 0 aliphatic carbocycles. The minimum absolute atomic E-state index is 0.00631. The van der Waals surface area contributed by atoms with Gasteiger partial charge in [-0.1, -0.05) is 11.6 Å². The van der Waals surface area contributed by atoms with Crippen molar-refractivity contribution in [3.05, 3.63) is 35.1 Å². The number of carbonyl (C=O) groups is 3. The van der Waals surface area contributed by atoms with Gasteiger partial charge in [-0.15, -0.1) is 0 Å². The van der Waals surface area contributed by atoms with E-state index in [1.807, 2.05) is 0 Å². The highest BCUT2D eigenvalue weighted by molar-refractivity contribution is 6.05. The van der Waals surface area contributed by atoms with Gasteiger partial charge >= 0.3 is 6.03 Å². The van der Waals surface area contributed by atoms with E-state index in [-0.39, 0.29) is 25.2 Å². The van der Waals surface area contributed by atoms with Crippen molar-refractivity contribution in [1.29, 1.82) is 0 Å². The normalized spacial score (nSPS) is 21.3. The second-order valence-electron chi connectivity index (χ2n) is 5.24. The Morgan fingerprint density at radius 2 is 2.10 bits per heavy atom. The standard InChI is InChI=1S/C14H14FN3O3/c1-8-2-3-10(15)9(6-8)13(20)17-4-5-18-11(7-17)12(19)16-14(18)21/h2-3,6,11H,4-5,7H2,1H3,(H,16,19,21). The minimum atomic E-state index is -0.678. The van der Waals surface area contributed by atoms with Crippen LogP contribution in [0.5, 0.6) is 0 Å². The maximum atomic E-state index is 13.8. The Morgan fingerprint density at radius 3 is 2.86 bits per heavy atom. The van der Waals surface area contributed by atoms with E-state index in [0.717, 1.165) is 5.56 Å². The highest BCUT2D eigenvalue weighted by Crippen LogP contribution is 2.19. The SMILES string of the molecule is Cc1ccc(F)c(C(=O)N2CCN3C(=O)NC(=O)C3C2)c1. The molecule has 1 unspecified atom stereocenters. The summed E-state index contributed by atoms with van der Waals surface area (Å²) in [5.41, 5.74) is 0.778. The van der Waals surface area contributed by atoms with Gasteiger partial charge in [0.2, 0.25) is 0 Å². The molecule has 0 spiro atoms. The Bertz CT molecular complexity index is 646. The minimum Gasteiger partial charge on any atom is -0.334 e. The first-order valence-corrected chi connectivity index (χ1v) is 6.64. The summed E-state index contributed by atoms with van der Waals surface area (Å²) >= 11 is 0. The monoisotopic (exact) mass is 291 g/mol. The van der Waals surface area contributed by atoms with Crippen LogP contribution in [0.1, 0.15) is 15.9 Å². The number of aryl methyl sites for hydroxylation is 1. The average Bonchev–Trinajstić information content (AvgIpc) is 2.75. The van der Waals surface area contributed by atoms with Crippen LogP contribution in [-0.4, -0.2) is 53.3 Å². The predicted octanol–water partition coefficient (Wildman–Crippen LogP) is 0.510. The zero-order valence-electron chi connectivity index (χ0n) is 11.4. The number of imide groups is 1. The summed E-state index contributed by atoms with van der Waals surface area (Å²) in [6.07, 6.45) is 0. The maximum Gasteiger partial charge on any atom is 0.324 e. The molecule has 2 fully saturated rings. The molecule has 2 saturated heterocycles. The van der Waals surface area contributed by atoms with Crippen molar-refractivity contribution in [3.63, 3.8) is 0 Å². The van der Waals surface area contributed by atoms with Crippen LogP contribution < -0.4 is 5.32 Å². The fourth-order valence-corrected chi connectivity index (χ4v) is 2.67. The van der Waals surface area contributed by atoms with E-state index < -0.39 is 29.7 Å². The first kappa shape index (κ1) is 13.5. The van der Waals surface area contributed by atoms with Gasteiger partial charge in [0.05, 0.1) is 12.1 Å². The molecule has 0 bridgehead atoms. The molecule has 2 heterocycles. The topological polar surface area (TPSA) is 69.7 Å². The van der Waals surface area contributed by atoms with Gasteiger partial charge in [0, 0.05) is 13.1 Å². The highest BCUT2D eigenvalue weighted by atomic mass is 19.1. The van der Waals surface area contributed by atoms with Gasteiger partial charge in [0.25, 0.3) is 11.8 Å². The zero-order valence-corrected chi connectivity index (χ0v) is 11.4. The fraction of sp³-hybridized carbons (Fsp3) is 0.357. The fourth-order valence-electron chi connectivity index (χ4n) is 2.67. The van der Waals surface area contributed by atoms with Crippen LogP contribution >= 0.6 is 0 Å². The number of hydrogen-bond donors (Lipinski definition) is 1. The largest absolute Gasteiger partial charge is 0.334 e. The van der Waals surface area contributed by atoms with Crippen molar-refractivity contribution in [2.45, 2.75) is 13.0 Å². The summed E-state index contributed by atoms with van der Waals surface area (Å²) in [7, 11) is 0. The number of nitrogens with one attached hydrogen (secondary N) is 1. The highest BCUT2D eigenvalue weighted by Gasteiger charge is 2.43. The summed E-state index contributed by atoms with van der Waals surface area (Å²) in [6.45, 7) is 2.41. The van der Waals surface area contributed by atoms with E-state index in [0.29, 0.717) is 0 Å². The lowest BCUT2D eigenvalue weighted by Gasteiger charge is -2.35. The Labute approximate surface area is 120 Å². The first-order valence-electron chi connectivity index (χ1n) is 6.64. The lowest BCUT2D eigenvalue weighted by Crippen LogP contribution is -2.54. The molecule has 110 valence electrons. The number of benzene rings is 1. The van der Waals surface area contributed by atoms with Crippen molar-refractivity contribution in [2.24, 2.45) is 0 Å². The molecule has 21 heavy (non-hydrogen) atoms. The number of nitrogens with zero attached hydrogens (tertiary/aromatic N) is 2. The third-order valence-corrected chi connectivity index (χ3v) is 3.81. The lowest BCUT2D eigenvalue weighted by molar-refractivity contribution is -0.122. The van der Waals surface area contributed by atoms with E-state index >= 15 is 0 Å². The van der Waals surface area contributed by atoms with Gasteiger partial charge in [0.1, 0.15) is 11.9 Å². The molecule has 7 heteroatoms. The molecule has 0 aromatic heterocycles. The summed E-state index contributed by atoms with van der Waals surface area (Å²) in [5.74, 6) is -1.45. The molecule has 6 nitrogen and oxygen atoms in total. The molecule has 0 radical (unpaired) electrons. The molecule has 3 rings (SSSR count). The second-order valence-corrected chi connectivity index (χ2v) is 5.24. The maximum absolute atomic E-state index is 13.8.